The second-order valence-corrected chi connectivity index (χ2v) is 5.76. The average Bonchev–Trinajstić information content (AvgIpc) is 2.56. The Morgan fingerprint density at radius 1 is 1.33 bits per heavy atom. The smallest absolute Gasteiger partial charge is 0.307 e. The summed E-state index contributed by atoms with van der Waals surface area (Å²) < 4.78 is 0. The number of aliphatic hydroxyl groups is 1. The van der Waals surface area contributed by atoms with Gasteiger partial charge in [-0.25, -0.2) is 0 Å². The lowest BCUT2D eigenvalue weighted by atomic mass is 9.83. The van der Waals surface area contributed by atoms with Crippen molar-refractivity contribution in [3.63, 3.8) is 0 Å². The summed E-state index contributed by atoms with van der Waals surface area (Å²) in [4.78, 5) is 11.2. The van der Waals surface area contributed by atoms with Crippen molar-refractivity contribution < 1.29 is 15.0 Å². The van der Waals surface area contributed by atoms with Crippen LogP contribution >= 0.6 is 0 Å². The Hall–Kier alpha value is -2.29. The van der Waals surface area contributed by atoms with Gasteiger partial charge < -0.3 is 10.2 Å². The Morgan fingerprint density at radius 2 is 2.14 bits per heavy atom. The SMILES string of the molecule is Cc1cccc2c1CC1C=C(O)C=CC1C=C2CC(=O)O. The van der Waals surface area contributed by atoms with E-state index in [2.05, 4.69) is 13.0 Å². The molecule has 0 saturated carbocycles. The van der Waals surface area contributed by atoms with E-state index in [0.29, 0.717) is 5.76 Å². The zero-order valence-corrected chi connectivity index (χ0v) is 11.9. The molecular weight excluding hydrogens is 264 g/mol. The highest BCUT2D eigenvalue weighted by molar-refractivity contribution is 5.85. The van der Waals surface area contributed by atoms with Gasteiger partial charge in [0.1, 0.15) is 5.76 Å². The minimum absolute atomic E-state index is 0.0310. The summed E-state index contributed by atoms with van der Waals surface area (Å²) in [5.41, 5.74) is 4.27. The molecule has 3 rings (SSSR count). The summed E-state index contributed by atoms with van der Waals surface area (Å²) in [6.07, 6.45) is 8.43. The molecule has 0 amide bonds. The maximum Gasteiger partial charge on any atom is 0.307 e. The fraction of sp³-hybridized carbons (Fsp3) is 0.278. The van der Waals surface area contributed by atoms with Crippen LogP contribution in [0.2, 0.25) is 0 Å². The topological polar surface area (TPSA) is 57.5 Å². The van der Waals surface area contributed by atoms with Crippen molar-refractivity contribution in [1.82, 2.24) is 0 Å². The molecule has 1 aromatic carbocycles. The Kier molecular flexibility index (Phi) is 3.42. The highest BCUT2D eigenvalue weighted by Gasteiger charge is 2.27. The first-order chi connectivity index (χ1) is 10.0. The van der Waals surface area contributed by atoms with Crippen LogP contribution in [0.25, 0.3) is 5.57 Å². The zero-order chi connectivity index (χ0) is 15.0. The summed E-state index contributed by atoms with van der Waals surface area (Å²) in [5.74, 6) is -0.199. The van der Waals surface area contributed by atoms with E-state index in [1.54, 1.807) is 6.08 Å². The fourth-order valence-corrected chi connectivity index (χ4v) is 3.26. The first-order valence-electron chi connectivity index (χ1n) is 7.15. The molecule has 1 aromatic rings. The molecule has 108 valence electrons. The fourth-order valence-electron chi connectivity index (χ4n) is 3.26. The molecule has 0 radical (unpaired) electrons. The van der Waals surface area contributed by atoms with Crippen LogP contribution in [0.1, 0.15) is 23.1 Å². The number of rotatable bonds is 2. The summed E-state index contributed by atoms with van der Waals surface area (Å²) in [5, 5.41) is 18.9. The second-order valence-electron chi connectivity index (χ2n) is 5.76. The lowest BCUT2D eigenvalue weighted by Gasteiger charge is -2.21. The molecule has 2 unspecified atom stereocenters. The highest BCUT2D eigenvalue weighted by atomic mass is 16.4. The Morgan fingerprint density at radius 3 is 2.90 bits per heavy atom. The normalized spacial score (nSPS) is 23.5. The van der Waals surface area contributed by atoms with Crippen molar-refractivity contribution in [1.29, 1.82) is 0 Å². The summed E-state index contributed by atoms with van der Waals surface area (Å²) in [6, 6.07) is 6.03. The zero-order valence-electron chi connectivity index (χ0n) is 11.9. The molecule has 2 aliphatic rings. The van der Waals surface area contributed by atoms with E-state index in [1.807, 2.05) is 30.4 Å². The Labute approximate surface area is 123 Å². The van der Waals surface area contributed by atoms with Crippen LogP contribution in [0.3, 0.4) is 0 Å². The third-order valence-corrected chi connectivity index (χ3v) is 4.30. The molecule has 0 heterocycles. The van der Waals surface area contributed by atoms with Crippen LogP contribution in [0.5, 0.6) is 0 Å². The first-order valence-corrected chi connectivity index (χ1v) is 7.15. The van der Waals surface area contributed by atoms with E-state index >= 15 is 0 Å². The quantitative estimate of drug-likeness (QED) is 0.870. The maximum absolute atomic E-state index is 11.2. The number of aryl methyl sites for hydroxylation is 1. The van der Waals surface area contributed by atoms with Gasteiger partial charge >= 0.3 is 5.97 Å². The number of carboxylic acids is 1. The molecule has 0 aromatic heterocycles. The summed E-state index contributed by atoms with van der Waals surface area (Å²) in [6.45, 7) is 2.06. The van der Waals surface area contributed by atoms with Gasteiger partial charge in [-0.05, 0) is 53.7 Å². The third kappa shape index (κ3) is 2.64. The molecular formula is C18H18O3. The second kappa shape index (κ2) is 5.24. The molecule has 2 atom stereocenters. The summed E-state index contributed by atoms with van der Waals surface area (Å²) in [7, 11) is 0. The van der Waals surface area contributed by atoms with E-state index in [1.165, 1.54) is 11.1 Å². The van der Waals surface area contributed by atoms with Gasteiger partial charge in [0.05, 0.1) is 6.42 Å². The van der Waals surface area contributed by atoms with Crippen LogP contribution in [0.4, 0.5) is 0 Å². The first kappa shape index (κ1) is 13.7. The van der Waals surface area contributed by atoms with Gasteiger partial charge in [-0.15, -0.1) is 0 Å². The number of carbonyl (C=O) groups is 1. The molecule has 3 nitrogen and oxygen atoms in total. The van der Waals surface area contributed by atoms with Gasteiger partial charge in [-0.3, -0.25) is 4.79 Å². The highest BCUT2D eigenvalue weighted by Crippen LogP contribution is 2.37. The molecule has 0 bridgehead atoms. The van der Waals surface area contributed by atoms with Gasteiger partial charge in [0.2, 0.25) is 0 Å². The number of aliphatic carboxylic acids is 1. The van der Waals surface area contributed by atoms with Crippen molar-refractivity contribution in [2.45, 2.75) is 19.8 Å². The number of hydrogen-bond donors (Lipinski definition) is 2. The van der Waals surface area contributed by atoms with E-state index in [-0.39, 0.29) is 18.3 Å². The Balaban J connectivity index is 2.13. The number of fused-ring (bicyclic) bond motifs is 2. The van der Waals surface area contributed by atoms with Crippen molar-refractivity contribution in [3.05, 3.63) is 65.0 Å². The molecule has 3 heteroatoms. The molecule has 2 aliphatic carbocycles. The van der Waals surface area contributed by atoms with Crippen LogP contribution in [0.15, 0.2) is 48.3 Å². The van der Waals surface area contributed by atoms with E-state index in [0.717, 1.165) is 17.6 Å². The standard InChI is InChI=1S/C18H18O3/c1-11-3-2-4-16-14(10-18(20)21)7-12-5-6-15(19)8-13(12)9-17(11)16/h2-8,12-13,19H,9-10H2,1H3,(H,20,21). The van der Waals surface area contributed by atoms with E-state index in [9.17, 15) is 15.0 Å². The number of allylic oxidation sites excluding steroid dienone is 4. The maximum atomic E-state index is 11.2. The van der Waals surface area contributed by atoms with Crippen LogP contribution in [-0.4, -0.2) is 16.2 Å². The predicted molar refractivity (Wildman–Crippen MR) is 81.9 cm³/mol. The van der Waals surface area contributed by atoms with Crippen LogP contribution < -0.4 is 0 Å². The van der Waals surface area contributed by atoms with Gasteiger partial charge in [-0.2, -0.15) is 0 Å². The van der Waals surface area contributed by atoms with E-state index in [4.69, 9.17) is 0 Å². The van der Waals surface area contributed by atoms with Crippen LogP contribution in [-0.2, 0) is 11.2 Å². The molecule has 0 fully saturated rings. The van der Waals surface area contributed by atoms with Crippen molar-refractivity contribution in [2.75, 3.05) is 0 Å². The molecule has 2 N–H and O–H groups in total. The minimum Gasteiger partial charge on any atom is -0.508 e. The molecule has 21 heavy (non-hydrogen) atoms. The minimum atomic E-state index is -0.815. The third-order valence-electron chi connectivity index (χ3n) is 4.30. The molecule has 0 saturated heterocycles. The summed E-state index contributed by atoms with van der Waals surface area (Å²) >= 11 is 0. The number of hydrogen-bond acceptors (Lipinski definition) is 2. The number of benzene rings is 1. The van der Waals surface area contributed by atoms with Crippen molar-refractivity contribution in [2.24, 2.45) is 11.8 Å². The average molecular weight is 282 g/mol. The van der Waals surface area contributed by atoms with Crippen molar-refractivity contribution >= 4 is 11.5 Å². The number of carboxylic acid groups (broad SMARTS) is 1. The molecule has 0 spiro atoms. The van der Waals surface area contributed by atoms with Gasteiger partial charge in [0, 0.05) is 5.92 Å². The van der Waals surface area contributed by atoms with Gasteiger partial charge in [-0.1, -0.05) is 30.4 Å². The lowest BCUT2D eigenvalue weighted by Crippen LogP contribution is -2.14. The van der Waals surface area contributed by atoms with Crippen LogP contribution in [0, 0.1) is 18.8 Å². The lowest BCUT2D eigenvalue weighted by molar-refractivity contribution is -0.135. The van der Waals surface area contributed by atoms with Crippen molar-refractivity contribution in [3.8, 4) is 0 Å². The largest absolute Gasteiger partial charge is 0.508 e. The van der Waals surface area contributed by atoms with Gasteiger partial charge in [0.15, 0.2) is 0 Å². The van der Waals surface area contributed by atoms with E-state index < -0.39 is 5.97 Å². The predicted octanol–water partition coefficient (Wildman–Crippen LogP) is 3.65. The molecule has 0 aliphatic heterocycles. The Bertz CT molecular complexity index is 680. The van der Waals surface area contributed by atoms with Gasteiger partial charge in [0.25, 0.3) is 0 Å². The number of aliphatic hydroxyl groups excluding tert-OH is 1. The monoisotopic (exact) mass is 282 g/mol.